The number of rotatable bonds is 5. The largest absolute Gasteiger partial charge is 0.447 e. The fraction of sp³-hybridized carbons (Fsp3) is 0.130. The molecule has 0 radical (unpaired) electrons. The van der Waals surface area contributed by atoms with Crippen LogP contribution in [0, 0.1) is 6.57 Å². The molecule has 7 heteroatoms. The Labute approximate surface area is 180 Å². The normalized spacial score (nSPS) is 12.1. The molecule has 3 aromatic heterocycles. The van der Waals surface area contributed by atoms with Crippen molar-refractivity contribution < 1.29 is 9.52 Å². The van der Waals surface area contributed by atoms with Crippen LogP contribution in [-0.4, -0.2) is 30.3 Å². The van der Waals surface area contributed by atoms with Crippen LogP contribution in [0.5, 0.6) is 0 Å². The highest BCUT2D eigenvalue weighted by molar-refractivity contribution is 7.23. The van der Waals surface area contributed by atoms with Gasteiger partial charge in [-0.15, -0.1) is 22.7 Å². The summed E-state index contributed by atoms with van der Waals surface area (Å²) in [6.07, 6.45) is 1.84. The number of oxazole rings is 1. The van der Waals surface area contributed by atoms with Crippen molar-refractivity contribution in [3.8, 4) is 0 Å². The van der Waals surface area contributed by atoms with Crippen molar-refractivity contribution in [2.75, 3.05) is 25.1 Å². The number of likely N-dealkylation sites (N-methyl/N-ethyl adjacent to an activating group) is 1. The molecule has 0 fully saturated rings. The molecule has 30 heavy (non-hydrogen) atoms. The molecule has 3 heterocycles. The highest BCUT2D eigenvalue weighted by atomic mass is 32.1. The number of hydrogen-bond acceptors (Lipinski definition) is 6. The van der Waals surface area contributed by atoms with Crippen molar-refractivity contribution in [1.82, 2.24) is 4.98 Å². The Morgan fingerprint density at radius 1 is 1.17 bits per heavy atom. The first-order chi connectivity index (χ1) is 14.6. The first kappa shape index (κ1) is 18.8. The van der Waals surface area contributed by atoms with Crippen LogP contribution in [0.4, 0.5) is 5.00 Å². The summed E-state index contributed by atoms with van der Waals surface area (Å²) < 4.78 is 8.14. The second kappa shape index (κ2) is 7.58. The van der Waals surface area contributed by atoms with Crippen molar-refractivity contribution in [1.29, 1.82) is 0 Å². The summed E-state index contributed by atoms with van der Waals surface area (Å²) in [5.41, 5.74) is 1.83. The molecular formula is C23H17N3O2S2. The van der Waals surface area contributed by atoms with E-state index in [2.05, 4.69) is 39.0 Å². The van der Waals surface area contributed by atoms with E-state index in [1.54, 1.807) is 22.7 Å². The molecule has 0 amide bonds. The molecule has 2 aromatic carbocycles. The molecule has 5 aromatic rings. The smallest absolute Gasteiger partial charge is 0.249 e. The molecule has 0 aliphatic rings. The highest BCUT2D eigenvalue weighted by Gasteiger charge is 2.13. The molecule has 1 N–H and O–H groups in total. The lowest BCUT2D eigenvalue weighted by molar-refractivity contribution is 0.304. The van der Waals surface area contributed by atoms with E-state index in [4.69, 9.17) is 16.1 Å². The number of anilines is 1. The van der Waals surface area contributed by atoms with Gasteiger partial charge in [0.25, 0.3) is 0 Å². The molecule has 0 bridgehead atoms. The maximum atomic E-state index is 9.17. The van der Waals surface area contributed by atoms with Crippen LogP contribution in [-0.2, 0) is 0 Å². The highest BCUT2D eigenvalue weighted by Crippen LogP contribution is 2.38. The minimum absolute atomic E-state index is 0.138. The van der Waals surface area contributed by atoms with Gasteiger partial charge in [0.2, 0.25) is 11.6 Å². The maximum Gasteiger partial charge on any atom is 0.249 e. The lowest BCUT2D eigenvalue weighted by Gasteiger charge is -2.14. The van der Waals surface area contributed by atoms with Crippen molar-refractivity contribution in [2.24, 2.45) is 0 Å². The minimum Gasteiger partial charge on any atom is -0.447 e. The Balaban J connectivity index is 1.52. The molecule has 0 unspecified atom stereocenters. The number of thiophene rings is 2. The van der Waals surface area contributed by atoms with Crippen molar-refractivity contribution in [3.05, 3.63) is 70.7 Å². The maximum absolute atomic E-state index is 9.17. The Morgan fingerprint density at radius 3 is 2.70 bits per heavy atom. The summed E-state index contributed by atoms with van der Waals surface area (Å²) in [7, 11) is 1.99. The SMILES string of the molecule is [C-]#[N+]/C(=C\c1cc2cc3sc(N(C)CCO)cc3cc2s1)c1nc2ccccc2o1. The van der Waals surface area contributed by atoms with E-state index in [9.17, 15) is 0 Å². The van der Waals surface area contributed by atoms with Gasteiger partial charge in [0.1, 0.15) is 5.52 Å². The molecule has 148 valence electrons. The predicted octanol–water partition coefficient (Wildman–Crippen LogP) is 6.10. The van der Waals surface area contributed by atoms with Crippen LogP contribution in [0.2, 0.25) is 0 Å². The lowest BCUT2D eigenvalue weighted by Crippen LogP contribution is -2.19. The van der Waals surface area contributed by atoms with E-state index in [1.807, 2.05) is 37.4 Å². The van der Waals surface area contributed by atoms with E-state index < -0.39 is 0 Å². The van der Waals surface area contributed by atoms with Gasteiger partial charge in [-0.2, -0.15) is 0 Å². The molecule has 5 rings (SSSR count). The zero-order valence-corrected chi connectivity index (χ0v) is 17.8. The Bertz CT molecular complexity index is 1370. The quantitative estimate of drug-likeness (QED) is 0.342. The fourth-order valence-electron chi connectivity index (χ4n) is 3.36. The molecule has 0 aliphatic heterocycles. The van der Waals surface area contributed by atoms with Gasteiger partial charge in [-0.25, -0.2) is 9.83 Å². The Morgan fingerprint density at radius 2 is 1.93 bits per heavy atom. The number of aliphatic hydroxyl groups excluding tert-OH is 1. The lowest BCUT2D eigenvalue weighted by atomic mass is 10.2. The summed E-state index contributed by atoms with van der Waals surface area (Å²) >= 11 is 3.36. The first-order valence-corrected chi connectivity index (χ1v) is 11.0. The van der Waals surface area contributed by atoms with Gasteiger partial charge in [-0.1, -0.05) is 12.1 Å². The topological polar surface area (TPSA) is 53.9 Å². The average Bonchev–Trinajstić information content (AvgIpc) is 3.45. The van der Waals surface area contributed by atoms with E-state index in [0.717, 1.165) is 20.8 Å². The first-order valence-electron chi connectivity index (χ1n) is 9.39. The van der Waals surface area contributed by atoms with Crippen molar-refractivity contribution in [2.45, 2.75) is 0 Å². The summed E-state index contributed by atoms with van der Waals surface area (Å²) in [6.45, 7) is 8.34. The summed E-state index contributed by atoms with van der Waals surface area (Å²) in [4.78, 5) is 11.2. The van der Waals surface area contributed by atoms with Crippen LogP contribution in [0.15, 0.2) is 52.9 Å². The van der Waals surface area contributed by atoms with E-state index in [0.29, 0.717) is 23.7 Å². The summed E-state index contributed by atoms with van der Waals surface area (Å²) in [5, 5.41) is 12.6. The zero-order chi connectivity index (χ0) is 20.7. The second-order valence-corrected chi connectivity index (χ2v) is 9.11. The van der Waals surface area contributed by atoms with Crippen LogP contribution in [0.3, 0.4) is 0 Å². The van der Waals surface area contributed by atoms with Gasteiger partial charge >= 0.3 is 0 Å². The monoisotopic (exact) mass is 431 g/mol. The van der Waals surface area contributed by atoms with Gasteiger partial charge < -0.3 is 14.4 Å². The van der Waals surface area contributed by atoms with Crippen LogP contribution >= 0.6 is 22.7 Å². The third-order valence-electron chi connectivity index (χ3n) is 4.89. The van der Waals surface area contributed by atoms with E-state index in [-0.39, 0.29) is 6.61 Å². The molecule has 5 nitrogen and oxygen atoms in total. The molecule has 0 atom stereocenters. The average molecular weight is 432 g/mol. The number of para-hydroxylation sites is 2. The predicted molar refractivity (Wildman–Crippen MR) is 126 cm³/mol. The van der Waals surface area contributed by atoms with E-state index >= 15 is 0 Å². The van der Waals surface area contributed by atoms with Crippen LogP contribution in [0.1, 0.15) is 10.8 Å². The number of nitrogens with zero attached hydrogens (tertiary/aromatic N) is 3. The molecule has 0 spiro atoms. The third-order valence-corrected chi connectivity index (χ3v) is 7.14. The summed E-state index contributed by atoms with van der Waals surface area (Å²) in [5.74, 6) is 0.348. The second-order valence-electron chi connectivity index (χ2n) is 6.93. The number of fused-ring (bicyclic) bond motifs is 3. The van der Waals surface area contributed by atoms with Gasteiger partial charge in [0.15, 0.2) is 5.58 Å². The summed E-state index contributed by atoms with van der Waals surface area (Å²) in [6, 6.07) is 16.2. The van der Waals surface area contributed by atoms with Crippen LogP contribution in [0.25, 0.3) is 47.9 Å². The number of aliphatic hydroxyl groups is 1. The Hall–Kier alpha value is -3.18. The minimum atomic E-state index is 0.138. The van der Waals surface area contributed by atoms with Gasteiger partial charge in [-0.05, 0) is 53.2 Å². The molecule has 0 aliphatic carbocycles. The van der Waals surface area contributed by atoms with E-state index in [1.165, 1.54) is 14.8 Å². The number of hydrogen-bond donors (Lipinski definition) is 1. The molecule has 0 saturated carbocycles. The Kier molecular flexibility index (Phi) is 4.75. The molecule has 0 saturated heterocycles. The van der Waals surface area contributed by atoms with Crippen LogP contribution < -0.4 is 4.90 Å². The fourth-order valence-corrected chi connectivity index (χ4v) is 5.47. The van der Waals surface area contributed by atoms with Gasteiger partial charge in [0, 0.05) is 27.9 Å². The number of aromatic nitrogens is 1. The number of benzene rings is 2. The van der Waals surface area contributed by atoms with Crippen molar-refractivity contribution >= 4 is 70.7 Å². The zero-order valence-electron chi connectivity index (χ0n) is 16.1. The standard InChI is InChI=1S/C23H17N3O2S2/c1-24-18(23-25-17-5-3-4-6-19(17)28-23)13-16-9-14-10-21-15(11-20(14)29-16)12-22(30-21)26(2)7-8-27/h3-6,9-13,27H,7-8H2,2H3/b18-13-. The van der Waals surface area contributed by atoms with Crippen molar-refractivity contribution in [3.63, 3.8) is 0 Å². The van der Waals surface area contributed by atoms with Gasteiger partial charge in [0.05, 0.1) is 18.2 Å². The molecular weight excluding hydrogens is 414 g/mol. The third kappa shape index (κ3) is 3.35. The van der Waals surface area contributed by atoms with Gasteiger partial charge in [-0.3, -0.25) is 0 Å².